The molecule has 112 valence electrons. The normalized spacial score (nSPS) is 10.7. The van der Waals surface area contributed by atoms with E-state index in [0.717, 1.165) is 11.3 Å². The van der Waals surface area contributed by atoms with E-state index in [1.165, 1.54) is 0 Å². The molecule has 1 N–H and O–H groups in total. The first-order valence-electron chi connectivity index (χ1n) is 6.93. The molecule has 3 nitrogen and oxygen atoms in total. The molecule has 0 fully saturated rings. The van der Waals surface area contributed by atoms with Crippen LogP contribution >= 0.6 is 11.6 Å². The fourth-order valence-corrected chi connectivity index (χ4v) is 2.17. The van der Waals surface area contributed by atoms with Crippen LogP contribution in [0.15, 0.2) is 42.5 Å². The van der Waals surface area contributed by atoms with Crippen molar-refractivity contribution in [3.8, 4) is 17.2 Å². The minimum Gasteiger partial charge on any atom is -0.493 e. The van der Waals surface area contributed by atoms with Gasteiger partial charge < -0.3 is 14.8 Å². The van der Waals surface area contributed by atoms with E-state index in [4.69, 9.17) is 21.1 Å². The highest BCUT2D eigenvalue weighted by atomic mass is 35.5. The third kappa shape index (κ3) is 4.13. The molecule has 0 aliphatic rings. The Kier molecular flexibility index (Phi) is 5.48. The van der Waals surface area contributed by atoms with Gasteiger partial charge in [0.1, 0.15) is 5.75 Å². The van der Waals surface area contributed by atoms with Crippen molar-refractivity contribution in [1.29, 1.82) is 0 Å². The Hall–Kier alpha value is -1.71. The van der Waals surface area contributed by atoms with Gasteiger partial charge in [0, 0.05) is 23.2 Å². The van der Waals surface area contributed by atoms with E-state index >= 15 is 0 Å². The van der Waals surface area contributed by atoms with Gasteiger partial charge in [-0.05, 0) is 24.3 Å². The summed E-state index contributed by atoms with van der Waals surface area (Å²) in [5.41, 5.74) is 0.943. The van der Waals surface area contributed by atoms with Gasteiger partial charge in [-0.3, -0.25) is 0 Å². The summed E-state index contributed by atoms with van der Waals surface area (Å²) in [7, 11) is 1.63. The minimum atomic E-state index is 0.375. The smallest absolute Gasteiger partial charge is 0.169 e. The van der Waals surface area contributed by atoms with E-state index in [2.05, 4.69) is 19.2 Å². The minimum absolute atomic E-state index is 0.375. The van der Waals surface area contributed by atoms with Crippen LogP contribution in [-0.4, -0.2) is 13.2 Å². The van der Waals surface area contributed by atoms with Crippen LogP contribution in [0.25, 0.3) is 0 Å². The number of rotatable bonds is 6. The highest BCUT2D eigenvalue weighted by Crippen LogP contribution is 2.35. The zero-order valence-electron chi connectivity index (χ0n) is 12.5. The number of benzene rings is 2. The average Bonchev–Trinajstić information content (AvgIpc) is 2.47. The maximum Gasteiger partial charge on any atom is 0.169 e. The summed E-state index contributed by atoms with van der Waals surface area (Å²) >= 11 is 6.30. The highest BCUT2D eigenvalue weighted by molar-refractivity contribution is 6.31. The lowest BCUT2D eigenvalue weighted by Gasteiger charge is -2.16. The van der Waals surface area contributed by atoms with Crippen LogP contribution in [-0.2, 0) is 6.54 Å². The molecular weight excluding hydrogens is 286 g/mol. The summed E-state index contributed by atoms with van der Waals surface area (Å²) in [5.74, 6) is 2.11. The summed E-state index contributed by atoms with van der Waals surface area (Å²) in [6.45, 7) is 4.84. The van der Waals surface area contributed by atoms with Gasteiger partial charge in [0.2, 0.25) is 0 Å². The zero-order valence-corrected chi connectivity index (χ0v) is 13.3. The van der Waals surface area contributed by atoms with Crippen molar-refractivity contribution in [3.63, 3.8) is 0 Å². The van der Waals surface area contributed by atoms with Crippen LogP contribution in [0, 0.1) is 0 Å². The Balaban J connectivity index is 2.29. The predicted molar refractivity (Wildman–Crippen MR) is 86.5 cm³/mol. The third-order valence-electron chi connectivity index (χ3n) is 3.05. The van der Waals surface area contributed by atoms with Crippen LogP contribution in [0.5, 0.6) is 17.2 Å². The van der Waals surface area contributed by atoms with Gasteiger partial charge in [-0.1, -0.05) is 43.6 Å². The number of halogens is 1. The topological polar surface area (TPSA) is 30.5 Å². The van der Waals surface area contributed by atoms with Crippen molar-refractivity contribution in [2.75, 3.05) is 7.11 Å². The van der Waals surface area contributed by atoms with E-state index in [0.29, 0.717) is 29.1 Å². The number of methoxy groups -OCH3 is 1. The summed E-state index contributed by atoms with van der Waals surface area (Å²) in [4.78, 5) is 0. The van der Waals surface area contributed by atoms with Crippen LogP contribution in [0.2, 0.25) is 5.02 Å². The van der Waals surface area contributed by atoms with Gasteiger partial charge in [0.15, 0.2) is 11.5 Å². The van der Waals surface area contributed by atoms with Crippen molar-refractivity contribution in [2.45, 2.75) is 26.4 Å². The number of hydrogen-bond acceptors (Lipinski definition) is 3. The average molecular weight is 306 g/mol. The molecule has 0 aromatic heterocycles. The molecule has 0 heterocycles. The molecule has 2 aromatic carbocycles. The summed E-state index contributed by atoms with van der Waals surface area (Å²) in [6, 6.07) is 13.6. The van der Waals surface area contributed by atoms with Crippen LogP contribution in [0.4, 0.5) is 0 Å². The van der Waals surface area contributed by atoms with Crippen LogP contribution in [0.3, 0.4) is 0 Å². The SMILES string of the molecule is COc1ccccc1Oc1cccc(Cl)c1CNC(C)C. The zero-order chi connectivity index (χ0) is 15.2. The van der Waals surface area contributed by atoms with Crippen LogP contribution < -0.4 is 14.8 Å². The van der Waals surface area contributed by atoms with E-state index < -0.39 is 0 Å². The number of para-hydroxylation sites is 2. The summed E-state index contributed by atoms with van der Waals surface area (Å²) in [5, 5.41) is 4.05. The second-order valence-electron chi connectivity index (χ2n) is 5.01. The Morgan fingerprint density at radius 3 is 2.33 bits per heavy atom. The van der Waals surface area contributed by atoms with Crippen molar-refractivity contribution in [1.82, 2.24) is 5.32 Å². The standard InChI is InChI=1S/C17H20ClNO2/c1-12(2)19-11-13-14(18)7-6-10-15(13)21-17-9-5-4-8-16(17)20-3/h4-10,12,19H,11H2,1-3H3. The lowest BCUT2D eigenvalue weighted by molar-refractivity contribution is 0.377. The molecule has 0 aliphatic carbocycles. The molecule has 0 aliphatic heterocycles. The summed E-state index contributed by atoms with van der Waals surface area (Å²) < 4.78 is 11.3. The Labute approximate surface area is 130 Å². The summed E-state index contributed by atoms with van der Waals surface area (Å²) in [6.07, 6.45) is 0. The first kappa shape index (κ1) is 15.7. The second kappa shape index (κ2) is 7.34. The molecule has 0 saturated heterocycles. The first-order chi connectivity index (χ1) is 10.1. The highest BCUT2D eigenvalue weighted by Gasteiger charge is 2.11. The number of nitrogens with one attached hydrogen (secondary N) is 1. The monoisotopic (exact) mass is 305 g/mol. The molecule has 21 heavy (non-hydrogen) atoms. The molecule has 0 atom stereocenters. The fraction of sp³-hybridized carbons (Fsp3) is 0.294. The maximum atomic E-state index is 6.30. The van der Waals surface area contributed by atoms with Crippen molar-refractivity contribution >= 4 is 11.6 Å². The molecule has 0 amide bonds. The molecule has 2 aromatic rings. The van der Waals surface area contributed by atoms with Gasteiger partial charge >= 0.3 is 0 Å². The Morgan fingerprint density at radius 2 is 1.67 bits per heavy atom. The molecular formula is C17H20ClNO2. The first-order valence-corrected chi connectivity index (χ1v) is 7.31. The largest absolute Gasteiger partial charge is 0.493 e. The molecule has 2 rings (SSSR count). The maximum absolute atomic E-state index is 6.30. The number of hydrogen-bond donors (Lipinski definition) is 1. The second-order valence-corrected chi connectivity index (χ2v) is 5.41. The van der Waals surface area contributed by atoms with E-state index in [9.17, 15) is 0 Å². The predicted octanol–water partition coefficient (Wildman–Crippen LogP) is 4.64. The van der Waals surface area contributed by atoms with Crippen molar-refractivity contribution in [2.24, 2.45) is 0 Å². The number of ether oxygens (including phenoxy) is 2. The molecule has 0 radical (unpaired) electrons. The fourth-order valence-electron chi connectivity index (χ4n) is 1.93. The van der Waals surface area contributed by atoms with Gasteiger partial charge in [-0.2, -0.15) is 0 Å². The van der Waals surface area contributed by atoms with E-state index in [-0.39, 0.29) is 0 Å². The lowest BCUT2D eigenvalue weighted by Crippen LogP contribution is -2.22. The van der Waals surface area contributed by atoms with Crippen LogP contribution in [0.1, 0.15) is 19.4 Å². The lowest BCUT2D eigenvalue weighted by atomic mass is 10.2. The molecule has 0 saturated carbocycles. The molecule has 0 bridgehead atoms. The molecule has 0 unspecified atom stereocenters. The van der Waals surface area contributed by atoms with Gasteiger partial charge in [-0.25, -0.2) is 0 Å². The van der Waals surface area contributed by atoms with Gasteiger partial charge in [0.05, 0.1) is 7.11 Å². The molecule has 4 heteroatoms. The quantitative estimate of drug-likeness (QED) is 0.843. The van der Waals surface area contributed by atoms with E-state index in [1.807, 2.05) is 42.5 Å². The van der Waals surface area contributed by atoms with Gasteiger partial charge in [0.25, 0.3) is 0 Å². The van der Waals surface area contributed by atoms with Gasteiger partial charge in [-0.15, -0.1) is 0 Å². The van der Waals surface area contributed by atoms with Crippen molar-refractivity contribution in [3.05, 3.63) is 53.1 Å². The third-order valence-corrected chi connectivity index (χ3v) is 3.41. The molecule has 0 spiro atoms. The van der Waals surface area contributed by atoms with Crippen molar-refractivity contribution < 1.29 is 9.47 Å². The Morgan fingerprint density at radius 1 is 1.00 bits per heavy atom. The van der Waals surface area contributed by atoms with E-state index in [1.54, 1.807) is 7.11 Å². The Bertz CT molecular complexity index is 599.